The number of nitrogens with zero attached hydrogens (tertiary/aromatic N) is 1. The van der Waals surface area contributed by atoms with Crippen LogP contribution in [0, 0.1) is 10.1 Å². The number of nitro groups is 1. The van der Waals surface area contributed by atoms with E-state index in [1.165, 1.54) is 50.3 Å². The van der Waals surface area contributed by atoms with Gasteiger partial charge in [-0.2, -0.15) is 0 Å². The smallest absolute Gasteiger partial charge is 0.276 e. The molecule has 3 amide bonds. The number of anilines is 2. The number of carbonyl (C=O) groups is 3. The zero-order chi connectivity index (χ0) is 32.3. The molecule has 4 aromatic rings. The Morgan fingerprint density at radius 3 is 2.22 bits per heavy atom. The van der Waals surface area contributed by atoms with Gasteiger partial charge in [-0.3, -0.25) is 24.5 Å². The van der Waals surface area contributed by atoms with Gasteiger partial charge in [0, 0.05) is 28.3 Å². The predicted octanol–water partition coefficient (Wildman–Crippen LogP) is 6.41. The van der Waals surface area contributed by atoms with Gasteiger partial charge in [0.1, 0.15) is 17.2 Å². The minimum Gasteiger partial charge on any atom is -0.495 e. The van der Waals surface area contributed by atoms with Crippen molar-refractivity contribution < 1.29 is 28.8 Å². The van der Waals surface area contributed by atoms with E-state index in [4.69, 9.17) is 21.1 Å². The quantitative estimate of drug-likeness (QED) is 0.0692. The third-order valence-corrected chi connectivity index (χ3v) is 7.50. The van der Waals surface area contributed by atoms with E-state index in [-0.39, 0.29) is 28.6 Å². The highest BCUT2D eigenvalue weighted by molar-refractivity contribution is 8.00. The van der Waals surface area contributed by atoms with Gasteiger partial charge < -0.3 is 25.4 Å². The van der Waals surface area contributed by atoms with Crippen LogP contribution >= 0.6 is 23.4 Å². The molecule has 13 heteroatoms. The van der Waals surface area contributed by atoms with Crippen molar-refractivity contribution in [3.63, 3.8) is 0 Å². The monoisotopic (exact) mass is 646 g/mol. The Morgan fingerprint density at radius 2 is 1.56 bits per heavy atom. The van der Waals surface area contributed by atoms with Gasteiger partial charge in [-0.1, -0.05) is 41.9 Å². The second kappa shape index (κ2) is 15.4. The first-order valence-electron chi connectivity index (χ1n) is 13.3. The highest BCUT2D eigenvalue weighted by Crippen LogP contribution is 2.36. The summed E-state index contributed by atoms with van der Waals surface area (Å²) in [4.78, 5) is 50.5. The van der Waals surface area contributed by atoms with E-state index in [1.807, 2.05) is 0 Å². The number of halogens is 1. The van der Waals surface area contributed by atoms with Crippen LogP contribution in [0.4, 0.5) is 17.1 Å². The van der Waals surface area contributed by atoms with E-state index in [1.54, 1.807) is 72.8 Å². The number of nitrogens with one attached hydrogen (secondary N) is 3. The number of nitro benzene ring substituents is 1. The summed E-state index contributed by atoms with van der Waals surface area (Å²) in [7, 11) is 2.94. The fourth-order valence-electron chi connectivity index (χ4n) is 4.00. The molecule has 45 heavy (non-hydrogen) atoms. The molecule has 4 aromatic carbocycles. The Bertz CT molecular complexity index is 1750. The summed E-state index contributed by atoms with van der Waals surface area (Å²) < 4.78 is 10.5. The number of carbonyl (C=O) groups excluding carboxylic acids is 3. The molecular formula is C32H27ClN4O7S. The van der Waals surface area contributed by atoms with E-state index in [2.05, 4.69) is 16.0 Å². The first kappa shape index (κ1) is 32.6. The first-order valence-corrected chi connectivity index (χ1v) is 14.6. The van der Waals surface area contributed by atoms with E-state index in [0.717, 1.165) is 4.90 Å². The lowest BCUT2D eigenvalue weighted by Crippen LogP contribution is -2.30. The molecule has 11 nitrogen and oxygen atoms in total. The standard InChI is InChI=1S/C32H27ClN4O7S/c1-43-28-18-29(44-2)25(17-24(28)33)35-30(38)19-45-23-14-12-22(13-15-23)34-32(40)26(36-31(39)20-8-4-3-5-9-20)16-21-10-6-7-11-27(21)37(41)42/h3-18H,19H2,1-2H3,(H,34,40)(H,35,38)(H,36,39)/b26-16-. The molecule has 0 heterocycles. The van der Waals surface area contributed by atoms with Crippen LogP contribution in [-0.2, 0) is 9.59 Å². The number of benzene rings is 4. The summed E-state index contributed by atoms with van der Waals surface area (Å²) >= 11 is 7.44. The molecule has 0 fully saturated rings. The summed E-state index contributed by atoms with van der Waals surface area (Å²) in [6.45, 7) is 0. The third-order valence-electron chi connectivity index (χ3n) is 6.19. The van der Waals surface area contributed by atoms with Gasteiger partial charge in [0.25, 0.3) is 17.5 Å². The number of rotatable bonds is 12. The van der Waals surface area contributed by atoms with Crippen molar-refractivity contribution in [2.75, 3.05) is 30.6 Å². The van der Waals surface area contributed by atoms with Crippen LogP contribution in [0.15, 0.2) is 102 Å². The molecule has 0 saturated carbocycles. The normalized spacial score (nSPS) is 10.9. The molecule has 0 aliphatic heterocycles. The highest BCUT2D eigenvalue weighted by atomic mass is 35.5. The Balaban J connectivity index is 1.44. The number of amides is 3. The lowest BCUT2D eigenvalue weighted by Gasteiger charge is -2.13. The van der Waals surface area contributed by atoms with Crippen molar-refractivity contribution >= 4 is 64.2 Å². The SMILES string of the molecule is COc1cc(OC)c(NC(=O)CSc2ccc(NC(=O)/C(=C/c3ccccc3[N+](=O)[O-])NC(=O)c3ccccc3)cc2)cc1Cl. The molecule has 0 atom stereocenters. The summed E-state index contributed by atoms with van der Waals surface area (Å²) in [6, 6.07) is 23.9. The van der Waals surface area contributed by atoms with Crippen molar-refractivity contribution in [1.29, 1.82) is 0 Å². The second-order valence-electron chi connectivity index (χ2n) is 9.20. The van der Waals surface area contributed by atoms with Crippen molar-refractivity contribution in [1.82, 2.24) is 5.32 Å². The van der Waals surface area contributed by atoms with Crippen LogP contribution in [0.5, 0.6) is 11.5 Å². The molecule has 0 bridgehead atoms. The van der Waals surface area contributed by atoms with Crippen LogP contribution in [-0.4, -0.2) is 42.6 Å². The molecule has 0 radical (unpaired) electrons. The third kappa shape index (κ3) is 8.85. The largest absolute Gasteiger partial charge is 0.495 e. The van der Waals surface area contributed by atoms with Gasteiger partial charge in [-0.15, -0.1) is 11.8 Å². The maximum Gasteiger partial charge on any atom is 0.276 e. The Morgan fingerprint density at radius 1 is 0.889 bits per heavy atom. The summed E-state index contributed by atoms with van der Waals surface area (Å²) in [5.74, 6) is -0.664. The Kier molecular flexibility index (Phi) is 11.2. The summed E-state index contributed by atoms with van der Waals surface area (Å²) in [5.41, 5.74) is 0.821. The lowest BCUT2D eigenvalue weighted by atomic mass is 10.1. The van der Waals surface area contributed by atoms with Crippen LogP contribution in [0.3, 0.4) is 0 Å². The van der Waals surface area contributed by atoms with E-state index < -0.39 is 16.7 Å². The topological polar surface area (TPSA) is 149 Å². The van der Waals surface area contributed by atoms with Gasteiger partial charge in [0.05, 0.1) is 41.2 Å². The summed E-state index contributed by atoms with van der Waals surface area (Å²) in [5, 5.41) is 19.9. The second-order valence-corrected chi connectivity index (χ2v) is 10.7. The van der Waals surface area contributed by atoms with Crippen LogP contribution in [0.25, 0.3) is 6.08 Å². The number of methoxy groups -OCH3 is 2. The maximum absolute atomic E-state index is 13.3. The fraction of sp³-hybridized carbons (Fsp3) is 0.0938. The van der Waals surface area contributed by atoms with E-state index in [9.17, 15) is 24.5 Å². The minimum absolute atomic E-state index is 0.0762. The first-order chi connectivity index (χ1) is 21.7. The van der Waals surface area contributed by atoms with E-state index in [0.29, 0.717) is 33.5 Å². The van der Waals surface area contributed by atoms with Crippen molar-refractivity contribution in [2.45, 2.75) is 4.90 Å². The Labute approximate surface area is 267 Å². The van der Waals surface area contributed by atoms with Gasteiger partial charge in [-0.25, -0.2) is 0 Å². The van der Waals surface area contributed by atoms with Crippen molar-refractivity contribution in [3.8, 4) is 11.5 Å². The van der Waals surface area contributed by atoms with Crippen LogP contribution in [0.1, 0.15) is 15.9 Å². The molecule has 0 spiro atoms. The molecule has 4 rings (SSSR count). The number of hydrogen-bond donors (Lipinski definition) is 3. The number of para-hydroxylation sites is 1. The average molecular weight is 647 g/mol. The van der Waals surface area contributed by atoms with Crippen LogP contribution < -0.4 is 25.4 Å². The molecule has 0 saturated heterocycles. The lowest BCUT2D eigenvalue weighted by molar-refractivity contribution is -0.385. The zero-order valence-electron chi connectivity index (χ0n) is 24.0. The molecule has 0 aliphatic rings. The summed E-state index contributed by atoms with van der Waals surface area (Å²) in [6.07, 6.45) is 1.25. The van der Waals surface area contributed by atoms with Gasteiger partial charge in [0.15, 0.2) is 0 Å². The number of hydrogen-bond acceptors (Lipinski definition) is 8. The number of thioether (sulfide) groups is 1. The van der Waals surface area contributed by atoms with Crippen LogP contribution in [0.2, 0.25) is 5.02 Å². The van der Waals surface area contributed by atoms with E-state index >= 15 is 0 Å². The van der Waals surface area contributed by atoms with Gasteiger partial charge in [-0.05, 0) is 54.6 Å². The fourth-order valence-corrected chi connectivity index (χ4v) is 4.94. The van der Waals surface area contributed by atoms with Gasteiger partial charge in [0.2, 0.25) is 5.91 Å². The Hall–Kier alpha value is -5.33. The molecule has 0 unspecified atom stereocenters. The van der Waals surface area contributed by atoms with Gasteiger partial charge >= 0.3 is 0 Å². The minimum atomic E-state index is -0.690. The molecule has 3 N–H and O–H groups in total. The zero-order valence-corrected chi connectivity index (χ0v) is 25.6. The van der Waals surface area contributed by atoms with Crippen molar-refractivity contribution in [2.24, 2.45) is 0 Å². The van der Waals surface area contributed by atoms with Crippen molar-refractivity contribution in [3.05, 3.63) is 123 Å². The predicted molar refractivity (Wildman–Crippen MR) is 174 cm³/mol. The average Bonchev–Trinajstić information content (AvgIpc) is 3.04. The molecule has 0 aromatic heterocycles. The number of ether oxygens (including phenoxy) is 2. The molecule has 0 aliphatic carbocycles. The highest BCUT2D eigenvalue weighted by Gasteiger charge is 2.19. The maximum atomic E-state index is 13.3. The molecular weight excluding hydrogens is 620 g/mol. The molecule has 230 valence electrons.